The lowest BCUT2D eigenvalue weighted by molar-refractivity contribution is -0.146. The van der Waals surface area contributed by atoms with Gasteiger partial charge in [-0.2, -0.15) is 0 Å². The summed E-state index contributed by atoms with van der Waals surface area (Å²) in [5.74, 6) is -0.789. The molecule has 0 bridgehead atoms. The van der Waals surface area contributed by atoms with E-state index in [-0.39, 0.29) is 19.0 Å². The average molecular weight is 273 g/mol. The normalized spacial score (nSPS) is 21.1. The van der Waals surface area contributed by atoms with Crippen LogP contribution in [0.2, 0.25) is 0 Å². The lowest BCUT2D eigenvalue weighted by atomic mass is 10.1. The second-order valence-electron chi connectivity index (χ2n) is 4.83. The van der Waals surface area contributed by atoms with Crippen molar-refractivity contribution in [1.29, 1.82) is 0 Å². The van der Waals surface area contributed by atoms with Crippen molar-refractivity contribution in [2.45, 2.75) is 25.9 Å². The summed E-state index contributed by atoms with van der Waals surface area (Å²) in [6, 6.07) is -0.312. The molecule has 7 nitrogen and oxygen atoms in total. The molecule has 0 aromatic heterocycles. The fraction of sp³-hybridized carbons (Fsp3) is 0.833. The summed E-state index contributed by atoms with van der Waals surface area (Å²) in [7, 11) is 0. The highest BCUT2D eigenvalue weighted by atomic mass is 16.4. The molecule has 0 radical (unpaired) electrons. The molecule has 2 atom stereocenters. The number of urea groups is 1. The van der Waals surface area contributed by atoms with E-state index in [0.29, 0.717) is 12.5 Å². The lowest BCUT2D eigenvalue weighted by Crippen LogP contribution is -2.40. The van der Waals surface area contributed by atoms with E-state index in [2.05, 4.69) is 22.5 Å². The summed E-state index contributed by atoms with van der Waals surface area (Å²) in [6.45, 7) is 6.02. The van der Waals surface area contributed by atoms with Crippen LogP contribution in [-0.2, 0) is 4.79 Å². The third-order valence-corrected chi connectivity index (χ3v) is 3.36. The van der Waals surface area contributed by atoms with Crippen molar-refractivity contribution < 1.29 is 19.8 Å². The minimum atomic E-state index is -1.42. The van der Waals surface area contributed by atoms with Gasteiger partial charge in [0.1, 0.15) is 0 Å². The average Bonchev–Trinajstić information content (AvgIpc) is 2.84. The molecule has 7 heteroatoms. The topological polar surface area (TPSA) is 102 Å². The molecule has 1 saturated heterocycles. The number of aliphatic carboxylic acids is 1. The van der Waals surface area contributed by atoms with Crippen molar-refractivity contribution in [1.82, 2.24) is 15.5 Å². The van der Waals surface area contributed by atoms with E-state index in [1.54, 1.807) is 0 Å². The van der Waals surface area contributed by atoms with Crippen molar-refractivity contribution in [2.75, 3.05) is 32.7 Å². The number of carboxylic acids is 1. The molecule has 19 heavy (non-hydrogen) atoms. The quantitative estimate of drug-likeness (QED) is 0.499. The fourth-order valence-electron chi connectivity index (χ4n) is 2.11. The summed E-state index contributed by atoms with van der Waals surface area (Å²) in [4.78, 5) is 24.1. The van der Waals surface area contributed by atoms with E-state index in [1.165, 1.54) is 0 Å². The highest BCUT2D eigenvalue weighted by molar-refractivity contribution is 5.74. The number of rotatable bonds is 7. The zero-order valence-corrected chi connectivity index (χ0v) is 11.3. The van der Waals surface area contributed by atoms with Gasteiger partial charge in [0.05, 0.1) is 0 Å². The molecule has 0 aromatic rings. The SMILES string of the molecule is CCN1CCC(CNC(=O)NCCC(O)C(=O)O)C1. The number of carboxylic acid groups (broad SMARTS) is 1. The zero-order chi connectivity index (χ0) is 14.3. The number of amides is 2. The minimum Gasteiger partial charge on any atom is -0.479 e. The molecule has 0 spiro atoms. The van der Waals surface area contributed by atoms with Crippen LogP contribution in [0.5, 0.6) is 0 Å². The van der Waals surface area contributed by atoms with Gasteiger partial charge in [-0.3, -0.25) is 0 Å². The van der Waals surface area contributed by atoms with Crippen molar-refractivity contribution >= 4 is 12.0 Å². The monoisotopic (exact) mass is 273 g/mol. The predicted molar refractivity (Wildman–Crippen MR) is 69.9 cm³/mol. The van der Waals surface area contributed by atoms with Crippen LogP contribution >= 0.6 is 0 Å². The molecule has 110 valence electrons. The largest absolute Gasteiger partial charge is 0.479 e. The maximum atomic E-state index is 11.4. The summed E-state index contributed by atoms with van der Waals surface area (Å²) >= 11 is 0. The Morgan fingerprint density at radius 3 is 2.74 bits per heavy atom. The predicted octanol–water partition coefficient (Wildman–Crippen LogP) is -0.537. The van der Waals surface area contributed by atoms with Gasteiger partial charge in [0, 0.05) is 26.1 Å². The van der Waals surface area contributed by atoms with Gasteiger partial charge in [-0.05, 0) is 25.4 Å². The van der Waals surface area contributed by atoms with Crippen LogP contribution < -0.4 is 10.6 Å². The van der Waals surface area contributed by atoms with Gasteiger partial charge in [-0.15, -0.1) is 0 Å². The van der Waals surface area contributed by atoms with Gasteiger partial charge >= 0.3 is 12.0 Å². The van der Waals surface area contributed by atoms with Gasteiger partial charge in [-0.1, -0.05) is 6.92 Å². The van der Waals surface area contributed by atoms with Gasteiger partial charge in [0.25, 0.3) is 0 Å². The Bertz CT molecular complexity index is 311. The van der Waals surface area contributed by atoms with Crippen LogP contribution in [0.15, 0.2) is 0 Å². The first kappa shape index (κ1) is 15.7. The van der Waals surface area contributed by atoms with Gasteiger partial charge in [-0.25, -0.2) is 9.59 Å². The minimum absolute atomic E-state index is 0.00972. The van der Waals surface area contributed by atoms with Crippen LogP contribution in [0.1, 0.15) is 19.8 Å². The molecule has 0 aliphatic carbocycles. The second kappa shape index (κ2) is 7.96. The summed E-state index contributed by atoms with van der Waals surface area (Å²) in [5.41, 5.74) is 0. The maximum Gasteiger partial charge on any atom is 0.332 e. The van der Waals surface area contributed by atoms with Gasteiger partial charge < -0.3 is 25.7 Å². The maximum absolute atomic E-state index is 11.4. The van der Waals surface area contributed by atoms with Crippen LogP contribution in [-0.4, -0.2) is 65.9 Å². The van der Waals surface area contributed by atoms with E-state index >= 15 is 0 Å². The van der Waals surface area contributed by atoms with E-state index in [9.17, 15) is 9.59 Å². The Morgan fingerprint density at radius 2 is 2.16 bits per heavy atom. The standard InChI is InChI=1S/C12H23N3O4/c1-2-15-6-4-9(8-15)7-14-12(19)13-5-3-10(16)11(17)18/h9-10,16H,2-8H2,1H3,(H,17,18)(H2,13,14,19). The molecule has 2 amide bonds. The molecular weight excluding hydrogens is 250 g/mol. The third-order valence-electron chi connectivity index (χ3n) is 3.36. The first-order chi connectivity index (χ1) is 9.02. The number of hydrogen-bond donors (Lipinski definition) is 4. The molecule has 1 heterocycles. The van der Waals surface area contributed by atoms with Crippen LogP contribution in [0.25, 0.3) is 0 Å². The van der Waals surface area contributed by atoms with Crippen LogP contribution in [0.3, 0.4) is 0 Å². The molecular formula is C12H23N3O4. The number of nitrogens with zero attached hydrogens (tertiary/aromatic N) is 1. The Morgan fingerprint density at radius 1 is 1.42 bits per heavy atom. The third kappa shape index (κ3) is 5.89. The van der Waals surface area contributed by atoms with Gasteiger partial charge in [0.2, 0.25) is 0 Å². The number of hydrogen-bond acceptors (Lipinski definition) is 4. The summed E-state index contributed by atoms with van der Waals surface area (Å²) in [6.07, 6.45) is -0.324. The molecule has 2 unspecified atom stereocenters. The number of carbonyl (C=O) groups is 2. The molecule has 1 fully saturated rings. The molecule has 4 N–H and O–H groups in total. The number of nitrogens with one attached hydrogen (secondary N) is 2. The van der Waals surface area contributed by atoms with E-state index < -0.39 is 12.1 Å². The zero-order valence-electron chi connectivity index (χ0n) is 11.3. The van der Waals surface area contributed by atoms with Crippen LogP contribution in [0, 0.1) is 5.92 Å². The highest BCUT2D eigenvalue weighted by Gasteiger charge is 2.21. The number of carbonyl (C=O) groups excluding carboxylic acids is 1. The molecule has 0 aromatic carbocycles. The fourth-order valence-corrected chi connectivity index (χ4v) is 2.11. The van der Waals surface area contributed by atoms with Crippen molar-refractivity contribution in [3.8, 4) is 0 Å². The molecule has 1 aliphatic rings. The van der Waals surface area contributed by atoms with Crippen molar-refractivity contribution in [3.63, 3.8) is 0 Å². The molecule has 1 aliphatic heterocycles. The number of likely N-dealkylation sites (tertiary alicyclic amines) is 1. The Labute approximate surface area is 113 Å². The first-order valence-electron chi connectivity index (χ1n) is 6.67. The van der Waals surface area contributed by atoms with Crippen molar-refractivity contribution in [3.05, 3.63) is 0 Å². The smallest absolute Gasteiger partial charge is 0.332 e. The van der Waals surface area contributed by atoms with Gasteiger partial charge in [0.15, 0.2) is 6.10 Å². The van der Waals surface area contributed by atoms with Crippen molar-refractivity contribution in [2.24, 2.45) is 5.92 Å². The number of aliphatic hydroxyl groups excluding tert-OH is 1. The Hall–Kier alpha value is -1.34. The lowest BCUT2D eigenvalue weighted by Gasteiger charge is -2.14. The summed E-state index contributed by atoms with van der Waals surface area (Å²) in [5, 5.41) is 22.8. The highest BCUT2D eigenvalue weighted by Crippen LogP contribution is 2.14. The van der Waals surface area contributed by atoms with Crippen LogP contribution in [0.4, 0.5) is 4.79 Å². The first-order valence-corrected chi connectivity index (χ1v) is 6.67. The van der Waals surface area contributed by atoms with E-state index in [4.69, 9.17) is 10.2 Å². The Kier molecular flexibility index (Phi) is 6.58. The molecule has 0 saturated carbocycles. The summed E-state index contributed by atoms with van der Waals surface area (Å²) < 4.78 is 0. The van der Waals surface area contributed by atoms with E-state index in [1.807, 2.05) is 0 Å². The Balaban J connectivity index is 2.07. The number of aliphatic hydroxyl groups is 1. The second-order valence-corrected chi connectivity index (χ2v) is 4.83. The molecule has 1 rings (SSSR count). The van der Waals surface area contributed by atoms with E-state index in [0.717, 1.165) is 26.1 Å².